The average molecular weight is 494 g/mol. The molecule has 1 amide bonds. The highest BCUT2D eigenvalue weighted by atomic mass is 35.5. The van der Waals surface area contributed by atoms with Gasteiger partial charge >= 0.3 is 6.18 Å². The molecule has 34 heavy (non-hydrogen) atoms. The van der Waals surface area contributed by atoms with E-state index in [1.54, 1.807) is 30.8 Å². The summed E-state index contributed by atoms with van der Waals surface area (Å²) < 4.78 is 54.6. The second-order valence-electron chi connectivity index (χ2n) is 8.15. The van der Waals surface area contributed by atoms with Gasteiger partial charge in [0.15, 0.2) is 0 Å². The van der Waals surface area contributed by atoms with E-state index in [4.69, 9.17) is 22.3 Å². The smallest absolute Gasteiger partial charge is 0.339 e. The van der Waals surface area contributed by atoms with Crippen LogP contribution in [-0.2, 0) is 16.5 Å². The number of nitrogens with zero attached hydrogens (tertiary/aromatic N) is 3. The first-order chi connectivity index (χ1) is 15.9. The third-order valence-electron chi connectivity index (χ3n) is 5.52. The number of carbonyl (C=O) groups excluding carboxylic acids is 1. The number of hydrogen-bond donors (Lipinski definition) is 2. The zero-order chi connectivity index (χ0) is 24.8. The number of amides is 1. The predicted molar refractivity (Wildman–Crippen MR) is 122 cm³/mol. The predicted octanol–water partition coefficient (Wildman–Crippen LogP) is 5.57. The Morgan fingerprint density at radius 3 is 2.41 bits per heavy atom. The van der Waals surface area contributed by atoms with Gasteiger partial charge in [-0.1, -0.05) is 11.6 Å². The maximum absolute atomic E-state index is 13.5. The number of rotatable bonds is 4. The molecular weight excluding hydrogens is 474 g/mol. The van der Waals surface area contributed by atoms with Crippen molar-refractivity contribution < 1.29 is 22.4 Å². The number of carbonyl (C=O) groups is 1. The summed E-state index contributed by atoms with van der Waals surface area (Å²) in [6, 6.07) is 8.93. The Kier molecular flexibility index (Phi) is 5.91. The highest BCUT2D eigenvalue weighted by molar-refractivity contribution is 6.31. The number of imidazole rings is 1. The molecule has 1 aromatic heterocycles. The Labute approximate surface area is 197 Å². The molecule has 2 heterocycles. The molecule has 0 saturated carbocycles. The highest BCUT2D eigenvalue weighted by Gasteiger charge is 2.39. The third kappa shape index (κ3) is 4.14. The van der Waals surface area contributed by atoms with Crippen molar-refractivity contribution in [1.29, 1.82) is 0 Å². The third-order valence-corrected chi connectivity index (χ3v) is 5.84. The maximum Gasteiger partial charge on any atom is 0.417 e. The van der Waals surface area contributed by atoms with E-state index in [2.05, 4.69) is 5.32 Å². The lowest BCUT2D eigenvalue weighted by molar-refractivity contribution is -0.137. The molecule has 4 rings (SSSR count). The van der Waals surface area contributed by atoms with Crippen molar-refractivity contribution in [2.75, 3.05) is 11.9 Å². The lowest BCUT2D eigenvalue weighted by atomic mass is 10.0. The molecule has 3 aromatic rings. The molecule has 3 N–H and O–H groups in total. The maximum atomic E-state index is 13.5. The SMILES string of the molecule is CC1(C)c2nc(-c3ccc(F)cc3)c(Nc3ccc(C(F)(F)F)c(Cl)c3)n2C=CN1C(=O)CN. The first kappa shape index (κ1) is 23.8. The van der Waals surface area contributed by atoms with E-state index in [1.807, 2.05) is 0 Å². The Hall–Kier alpha value is -3.37. The summed E-state index contributed by atoms with van der Waals surface area (Å²) in [6.07, 6.45) is -1.43. The van der Waals surface area contributed by atoms with Gasteiger partial charge in [-0.05, 0) is 56.3 Å². The number of halogens is 5. The van der Waals surface area contributed by atoms with Crippen molar-refractivity contribution >= 4 is 35.2 Å². The fraction of sp³-hybridized carbons (Fsp3) is 0.217. The standard InChI is InChI=1S/C23H20ClF4N5O/c1-22(2)21-31-19(13-3-5-14(25)6-4-13)20(32(21)9-10-33(22)18(34)12-29)30-15-7-8-16(17(24)11-15)23(26,27)28/h3-11,30H,12,29H2,1-2H3. The minimum absolute atomic E-state index is 0.200. The van der Waals surface area contributed by atoms with Gasteiger partial charge < -0.3 is 16.0 Å². The summed E-state index contributed by atoms with van der Waals surface area (Å²) in [7, 11) is 0. The molecule has 0 spiro atoms. The summed E-state index contributed by atoms with van der Waals surface area (Å²) >= 11 is 5.89. The minimum atomic E-state index is -4.59. The van der Waals surface area contributed by atoms with Gasteiger partial charge in [-0.25, -0.2) is 9.37 Å². The molecule has 0 aliphatic carbocycles. The normalized spacial score (nSPS) is 14.8. The van der Waals surface area contributed by atoms with Crippen LogP contribution < -0.4 is 11.1 Å². The van der Waals surface area contributed by atoms with Crippen molar-refractivity contribution in [2.24, 2.45) is 5.73 Å². The van der Waals surface area contributed by atoms with Crippen molar-refractivity contribution in [3.63, 3.8) is 0 Å². The van der Waals surface area contributed by atoms with Crippen LogP contribution in [0.3, 0.4) is 0 Å². The van der Waals surface area contributed by atoms with Crippen molar-refractivity contribution in [2.45, 2.75) is 25.6 Å². The zero-order valence-electron chi connectivity index (χ0n) is 18.1. The van der Waals surface area contributed by atoms with Crippen LogP contribution in [0.5, 0.6) is 0 Å². The van der Waals surface area contributed by atoms with Crippen LogP contribution in [0.25, 0.3) is 17.5 Å². The first-order valence-electron chi connectivity index (χ1n) is 10.2. The molecule has 6 nitrogen and oxygen atoms in total. The molecule has 178 valence electrons. The van der Waals surface area contributed by atoms with Gasteiger partial charge in [-0.3, -0.25) is 9.36 Å². The number of hydrogen-bond acceptors (Lipinski definition) is 4. The van der Waals surface area contributed by atoms with E-state index in [9.17, 15) is 22.4 Å². The number of anilines is 2. The van der Waals surface area contributed by atoms with E-state index in [0.717, 1.165) is 6.07 Å². The van der Waals surface area contributed by atoms with Gasteiger partial charge in [-0.2, -0.15) is 13.2 Å². The van der Waals surface area contributed by atoms with Crippen LogP contribution in [0.2, 0.25) is 5.02 Å². The van der Waals surface area contributed by atoms with Gasteiger partial charge in [0.1, 0.15) is 28.7 Å². The lowest BCUT2D eigenvalue weighted by Gasteiger charge is -2.38. The summed E-state index contributed by atoms with van der Waals surface area (Å²) in [5.41, 5.74) is 4.95. The van der Waals surface area contributed by atoms with Crippen LogP contribution in [0.15, 0.2) is 48.7 Å². The summed E-state index contributed by atoms with van der Waals surface area (Å²) in [4.78, 5) is 18.6. The van der Waals surface area contributed by atoms with Gasteiger partial charge in [0.2, 0.25) is 5.91 Å². The monoisotopic (exact) mass is 493 g/mol. The number of alkyl halides is 3. The van der Waals surface area contributed by atoms with Crippen LogP contribution in [-0.4, -0.2) is 26.9 Å². The molecule has 1 aliphatic heterocycles. The second kappa shape index (κ2) is 8.44. The fourth-order valence-electron chi connectivity index (χ4n) is 3.82. The van der Waals surface area contributed by atoms with Crippen LogP contribution >= 0.6 is 11.6 Å². The molecule has 0 saturated heterocycles. The number of nitrogens with one attached hydrogen (secondary N) is 1. The molecule has 0 bridgehead atoms. The first-order valence-corrected chi connectivity index (χ1v) is 10.5. The van der Waals surface area contributed by atoms with E-state index in [0.29, 0.717) is 22.9 Å². The number of nitrogens with two attached hydrogens (primary N) is 1. The summed E-state index contributed by atoms with van der Waals surface area (Å²) in [5, 5.41) is 2.62. The fourth-order valence-corrected chi connectivity index (χ4v) is 4.11. The van der Waals surface area contributed by atoms with E-state index in [-0.39, 0.29) is 18.1 Å². The molecule has 0 unspecified atom stereocenters. The van der Waals surface area contributed by atoms with Gasteiger partial charge in [-0.15, -0.1) is 0 Å². The van der Waals surface area contributed by atoms with Crippen molar-refractivity contribution in [1.82, 2.24) is 14.5 Å². The van der Waals surface area contributed by atoms with E-state index >= 15 is 0 Å². The van der Waals surface area contributed by atoms with Crippen molar-refractivity contribution in [3.05, 3.63) is 70.9 Å². The minimum Gasteiger partial charge on any atom is -0.339 e. The number of benzene rings is 2. The van der Waals surface area contributed by atoms with Crippen LogP contribution in [0.1, 0.15) is 25.2 Å². The summed E-state index contributed by atoms with van der Waals surface area (Å²) in [6.45, 7) is 3.38. The second-order valence-corrected chi connectivity index (χ2v) is 8.56. The number of fused-ring (bicyclic) bond motifs is 1. The average Bonchev–Trinajstić information content (AvgIpc) is 3.12. The highest BCUT2D eigenvalue weighted by Crippen LogP contribution is 2.41. The zero-order valence-corrected chi connectivity index (χ0v) is 18.9. The molecule has 11 heteroatoms. The van der Waals surface area contributed by atoms with Crippen LogP contribution in [0.4, 0.5) is 29.1 Å². The Morgan fingerprint density at radius 1 is 1.15 bits per heavy atom. The van der Waals surface area contributed by atoms with Gasteiger partial charge in [0.05, 0.1) is 17.1 Å². The van der Waals surface area contributed by atoms with Gasteiger partial charge in [0.25, 0.3) is 0 Å². The number of aromatic nitrogens is 2. The van der Waals surface area contributed by atoms with Gasteiger partial charge in [0, 0.05) is 23.7 Å². The molecule has 0 atom stereocenters. The van der Waals surface area contributed by atoms with Crippen LogP contribution in [0, 0.1) is 5.82 Å². The Balaban J connectivity index is 1.86. The van der Waals surface area contributed by atoms with E-state index in [1.165, 1.54) is 41.3 Å². The molecule has 0 radical (unpaired) electrons. The topological polar surface area (TPSA) is 76.2 Å². The van der Waals surface area contributed by atoms with Crippen molar-refractivity contribution in [3.8, 4) is 11.3 Å². The summed E-state index contributed by atoms with van der Waals surface area (Å²) in [5.74, 6) is 0.123. The molecular formula is C23H20ClF4N5O. The lowest BCUT2D eigenvalue weighted by Crippen LogP contribution is -2.47. The largest absolute Gasteiger partial charge is 0.417 e. The molecule has 0 fully saturated rings. The molecule has 2 aromatic carbocycles. The molecule has 1 aliphatic rings. The van der Waals surface area contributed by atoms with E-state index < -0.39 is 28.1 Å². The Bertz CT molecular complexity index is 1280. The Morgan fingerprint density at radius 2 is 1.82 bits per heavy atom. The quantitative estimate of drug-likeness (QED) is 0.466.